The first-order valence-corrected chi connectivity index (χ1v) is 13.9. The van der Waals surface area contributed by atoms with Gasteiger partial charge < -0.3 is 4.57 Å². The first kappa shape index (κ1) is 23.8. The molecule has 0 spiro atoms. The number of fused-ring (bicyclic) bond motifs is 5. The maximum absolute atomic E-state index is 3.74. The van der Waals surface area contributed by atoms with Crippen molar-refractivity contribution < 1.29 is 0 Å². The highest BCUT2D eigenvalue weighted by Crippen LogP contribution is 2.49. The van der Waals surface area contributed by atoms with Crippen molar-refractivity contribution in [1.29, 1.82) is 0 Å². The smallest absolute Gasteiger partial charge is 0.0582 e. The Morgan fingerprint density at radius 2 is 1.19 bits per heavy atom. The molecule has 7 rings (SSSR count). The van der Waals surface area contributed by atoms with Crippen LogP contribution in [0.2, 0.25) is 0 Å². The van der Waals surface area contributed by atoms with Crippen LogP contribution in [0, 0.1) is 0 Å². The highest BCUT2D eigenvalue weighted by atomic mass is 79.9. The number of hydrogen-bond donors (Lipinski definition) is 0. The maximum atomic E-state index is 3.74. The van der Waals surface area contributed by atoms with E-state index in [1.165, 1.54) is 60.9 Å². The first-order chi connectivity index (χ1) is 18.0. The van der Waals surface area contributed by atoms with Crippen molar-refractivity contribution in [2.45, 2.75) is 33.1 Å². The van der Waals surface area contributed by atoms with Crippen molar-refractivity contribution in [3.05, 3.63) is 125 Å². The Bertz CT molecular complexity index is 1760. The second-order valence-electron chi connectivity index (χ2n) is 10.0. The molecular weight excluding hydrogens is 514 g/mol. The summed E-state index contributed by atoms with van der Waals surface area (Å²) in [4.78, 5) is 0. The van der Waals surface area contributed by atoms with Crippen LogP contribution in [0.3, 0.4) is 0 Å². The summed E-state index contributed by atoms with van der Waals surface area (Å²) in [6.45, 7) is 8.72. The molecule has 1 nitrogen and oxygen atoms in total. The Morgan fingerprint density at radius 3 is 1.86 bits per heavy atom. The Balaban J connectivity index is 0.00000123. The molecule has 0 saturated heterocycles. The zero-order valence-electron chi connectivity index (χ0n) is 21.7. The quantitative estimate of drug-likeness (QED) is 0.204. The van der Waals surface area contributed by atoms with Crippen molar-refractivity contribution in [2.24, 2.45) is 0 Å². The second kappa shape index (κ2) is 9.04. The lowest BCUT2D eigenvalue weighted by atomic mass is 9.74. The van der Waals surface area contributed by atoms with E-state index in [2.05, 4.69) is 144 Å². The monoisotopic (exact) mass is 543 g/mol. The van der Waals surface area contributed by atoms with Gasteiger partial charge in [-0.1, -0.05) is 110 Å². The molecule has 0 aliphatic carbocycles. The third kappa shape index (κ3) is 3.66. The van der Waals surface area contributed by atoms with E-state index in [0.717, 1.165) is 4.47 Å². The number of nitrogens with zero attached hydrogens (tertiary/aromatic N) is 1. The number of aromatic nitrogens is 1. The molecule has 0 saturated carbocycles. The maximum Gasteiger partial charge on any atom is 0.0582 e. The van der Waals surface area contributed by atoms with Crippen LogP contribution in [0.25, 0.3) is 49.7 Å². The topological polar surface area (TPSA) is 4.93 Å². The molecule has 1 aliphatic heterocycles. The van der Waals surface area contributed by atoms with Gasteiger partial charge in [-0.15, -0.1) is 0 Å². The van der Waals surface area contributed by atoms with Gasteiger partial charge >= 0.3 is 0 Å². The first-order valence-electron chi connectivity index (χ1n) is 13.1. The summed E-state index contributed by atoms with van der Waals surface area (Å²) in [5, 5.41) is 2.61. The zero-order chi connectivity index (χ0) is 25.7. The van der Waals surface area contributed by atoms with Gasteiger partial charge in [0.25, 0.3) is 0 Å². The van der Waals surface area contributed by atoms with E-state index < -0.39 is 0 Å². The molecule has 2 heteroatoms. The lowest BCUT2D eigenvalue weighted by molar-refractivity contribution is 0.630. The highest BCUT2D eigenvalue weighted by molar-refractivity contribution is 9.10. The molecular formula is C35H30BrN. The minimum absolute atomic E-state index is 0.130. The SMILES string of the molecule is CC.CC1(C)c2cc(Br)ccc2-n2c3ccc(-c4ccccc4)cc3c3cc(-c4ccccc4)cc1c32. The molecule has 0 radical (unpaired) electrons. The van der Waals surface area contributed by atoms with Gasteiger partial charge in [-0.2, -0.15) is 0 Å². The summed E-state index contributed by atoms with van der Waals surface area (Å²) in [5.74, 6) is 0. The number of halogens is 1. The van der Waals surface area contributed by atoms with E-state index in [9.17, 15) is 0 Å². The summed E-state index contributed by atoms with van der Waals surface area (Å²) >= 11 is 3.74. The fourth-order valence-corrected chi connectivity index (χ4v) is 6.19. The fourth-order valence-electron chi connectivity index (χ4n) is 5.83. The van der Waals surface area contributed by atoms with Crippen molar-refractivity contribution in [2.75, 3.05) is 0 Å². The van der Waals surface area contributed by atoms with Crippen LogP contribution in [0.4, 0.5) is 0 Å². The minimum atomic E-state index is -0.130. The Labute approximate surface area is 227 Å². The van der Waals surface area contributed by atoms with Crippen molar-refractivity contribution >= 4 is 37.7 Å². The van der Waals surface area contributed by atoms with Gasteiger partial charge in [-0.3, -0.25) is 0 Å². The van der Waals surface area contributed by atoms with Crippen LogP contribution in [0.5, 0.6) is 0 Å². The Kier molecular flexibility index (Phi) is 5.81. The van der Waals surface area contributed by atoms with Crippen LogP contribution < -0.4 is 0 Å². The van der Waals surface area contributed by atoms with Gasteiger partial charge in [-0.05, 0) is 75.8 Å². The van der Waals surface area contributed by atoms with Crippen molar-refractivity contribution in [1.82, 2.24) is 4.57 Å². The van der Waals surface area contributed by atoms with E-state index in [-0.39, 0.29) is 5.41 Å². The normalized spacial score (nSPS) is 13.2. The molecule has 0 unspecified atom stereocenters. The van der Waals surface area contributed by atoms with E-state index >= 15 is 0 Å². The number of benzene rings is 5. The van der Waals surface area contributed by atoms with Gasteiger partial charge in [-0.25, -0.2) is 0 Å². The highest BCUT2D eigenvalue weighted by Gasteiger charge is 2.35. The average Bonchev–Trinajstić information content (AvgIpc) is 3.27. The average molecular weight is 545 g/mol. The van der Waals surface area contributed by atoms with Crippen LogP contribution in [-0.2, 0) is 5.41 Å². The molecule has 1 aliphatic rings. The standard InChI is InChI=1S/C33H24BrN.C2H6/c1-33(2)28-20-25(34)14-16-31(28)35-30-15-13-23(21-9-5-3-6-10-21)17-26(30)27-18-24(19-29(33)32(27)35)22-11-7-4-8-12-22;1-2/h3-20H,1-2H3;1-2H3. The van der Waals surface area contributed by atoms with Gasteiger partial charge in [0.05, 0.1) is 16.7 Å². The molecule has 37 heavy (non-hydrogen) atoms. The van der Waals surface area contributed by atoms with E-state index in [1.54, 1.807) is 0 Å². The van der Waals surface area contributed by atoms with Crippen LogP contribution in [-0.4, -0.2) is 4.57 Å². The lowest BCUT2D eigenvalue weighted by Gasteiger charge is -2.35. The van der Waals surface area contributed by atoms with Crippen LogP contribution >= 0.6 is 15.9 Å². The van der Waals surface area contributed by atoms with Gasteiger partial charge in [0.2, 0.25) is 0 Å². The van der Waals surface area contributed by atoms with E-state index in [1.807, 2.05) is 13.8 Å². The predicted octanol–water partition coefficient (Wildman–Crippen LogP) is 10.5. The molecule has 0 amide bonds. The van der Waals surface area contributed by atoms with Gasteiger partial charge in [0.1, 0.15) is 0 Å². The number of hydrogen-bond acceptors (Lipinski definition) is 0. The summed E-state index contributed by atoms with van der Waals surface area (Å²) in [6.07, 6.45) is 0. The second-order valence-corrected chi connectivity index (χ2v) is 10.9. The fraction of sp³-hybridized carbons (Fsp3) is 0.143. The largest absolute Gasteiger partial charge is 0.309 e. The molecule has 0 N–H and O–H groups in total. The molecule has 182 valence electrons. The van der Waals surface area contributed by atoms with Crippen molar-refractivity contribution in [3.8, 4) is 27.9 Å². The molecule has 1 aromatic heterocycles. The molecule has 0 fully saturated rings. The van der Waals surface area contributed by atoms with Crippen LogP contribution in [0.15, 0.2) is 114 Å². The zero-order valence-corrected chi connectivity index (χ0v) is 23.3. The third-order valence-corrected chi connectivity index (χ3v) is 8.11. The summed E-state index contributed by atoms with van der Waals surface area (Å²) in [7, 11) is 0. The molecule has 2 heterocycles. The summed E-state index contributed by atoms with van der Waals surface area (Å²) in [5.41, 5.74) is 11.4. The number of rotatable bonds is 2. The van der Waals surface area contributed by atoms with Gasteiger partial charge in [0, 0.05) is 20.7 Å². The molecule has 5 aromatic carbocycles. The molecule has 6 aromatic rings. The molecule has 0 bridgehead atoms. The lowest BCUT2D eigenvalue weighted by Crippen LogP contribution is -2.26. The molecule has 0 atom stereocenters. The Hall–Kier alpha value is -3.62. The minimum Gasteiger partial charge on any atom is -0.309 e. The van der Waals surface area contributed by atoms with Gasteiger partial charge in [0.15, 0.2) is 0 Å². The summed E-state index contributed by atoms with van der Waals surface area (Å²) < 4.78 is 3.60. The third-order valence-electron chi connectivity index (χ3n) is 7.62. The predicted molar refractivity (Wildman–Crippen MR) is 163 cm³/mol. The van der Waals surface area contributed by atoms with Crippen molar-refractivity contribution in [3.63, 3.8) is 0 Å². The van der Waals surface area contributed by atoms with E-state index in [4.69, 9.17) is 0 Å². The Morgan fingerprint density at radius 1 is 0.568 bits per heavy atom. The van der Waals surface area contributed by atoms with E-state index in [0.29, 0.717) is 0 Å². The summed E-state index contributed by atoms with van der Waals surface area (Å²) in [6, 6.07) is 39.9. The van der Waals surface area contributed by atoms with Crippen LogP contribution in [0.1, 0.15) is 38.8 Å².